The first-order valence-corrected chi connectivity index (χ1v) is 5.14. The summed E-state index contributed by atoms with van der Waals surface area (Å²) in [6, 6.07) is 0.452. The molecule has 2 fully saturated rings. The molecule has 4 unspecified atom stereocenters. The molecule has 74 valence electrons. The van der Waals surface area contributed by atoms with Crippen LogP contribution in [-0.2, 0) is 4.79 Å². The van der Waals surface area contributed by atoms with Crippen molar-refractivity contribution in [3.05, 3.63) is 0 Å². The molecule has 2 aliphatic carbocycles. The minimum Gasteiger partial charge on any atom is -0.481 e. The van der Waals surface area contributed by atoms with Gasteiger partial charge in [0.15, 0.2) is 0 Å². The largest absolute Gasteiger partial charge is 0.481 e. The van der Waals surface area contributed by atoms with Gasteiger partial charge in [-0.15, -0.1) is 0 Å². The van der Waals surface area contributed by atoms with Crippen molar-refractivity contribution in [3.8, 4) is 0 Å². The summed E-state index contributed by atoms with van der Waals surface area (Å²) in [6.07, 6.45) is 4.40. The van der Waals surface area contributed by atoms with E-state index in [0.717, 1.165) is 12.8 Å². The Kier molecular flexibility index (Phi) is 2.28. The number of carboxylic acids is 1. The van der Waals surface area contributed by atoms with Gasteiger partial charge in [0.2, 0.25) is 0 Å². The lowest BCUT2D eigenvalue weighted by Crippen LogP contribution is -2.29. The second kappa shape index (κ2) is 3.29. The van der Waals surface area contributed by atoms with Gasteiger partial charge in [-0.25, -0.2) is 0 Å². The van der Waals surface area contributed by atoms with E-state index >= 15 is 0 Å². The summed E-state index contributed by atoms with van der Waals surface area (Å²) >= 11 is 0. The van der Waals surface area contributed by atoms with Crippen LogP contribution in [0, 0.1) is 17.8 Å². The van der Waals surface area contributed by atoms with Crippen molar-refractivity contribution >= 4 is 5.97 Å². The molecule has 0 saturated heterocycles. The summed E-state index contributed by atoms with van der Waals surface area (Å²) in [6.45, 7) is 0. The molecule has 0 radical (unpaired) electrons. The van der Waals surface area contributed by atoms with Crippen LogP contribution in [0.5, 0.6) is 0 Å². The summed E-state index contributed by atoms with van der Waals surface area (Å²) in [5.74, 6) is 0.417. The van der Waals surface area contributed by atoms with Crippen molar-refractivity contribution in [1.82, 2.24) is 5.32 Å². The van der Waals surface area contributed by atoms with Gasteiger partial charge in [-0.05, 0) is 38.1 Å². The van der Waals surface area contributed by atoms with Crippen LogP contribution in [-0.4, -0.2) is 24.2 Å². The number of carbonyl (C=O) groups is 1. The molecule has 13 heavy (non-hydrogen) atoms. The first-order valence-electron chi connectivity index (χ1n) is 5.14. The van der Waals surface area contributed by atoms with Crippen LogP contribution in [0.15, 0.2) is 0 Å². The molecule has 3 nitrogen and oxygen atoms in total. The van der Waals surface area contributed by atoms with E-state index in [1.807, 2.05) is 7.05 Å². The van der Waals surface area contributed by atoms with Gasteiger partial charge in [0.1, 0.15) is 0 Å². The molecule has 0 amide bonds. The summed E-state index contributed by atoms with van der Waals surface area (Å²) in [7, 11) is 1.95. The topological polar surface area (TPSA) is 49.3 Å². The lowest BCUT2D eigenvalue weighted by atomic mass is 9.92. The number of fused-ring (bicyclic) bond motifs is 1. The molecule has 0 aromatic rings. The molecule has 0 spiro atoms. The van der Waals surface area contributed by atoms with Crippen LogP contribution >= 0.6 is 0 Å². The molecule has 0 bridgehead atoms. The Hall–Kier alpha value is -0.570. The van der Waals surface area contributed by atoms with E-state index in [0.29, 0.717) is 17.9 Å². The number of aliphatic carboxylic acids is 1. The van der Waals surface area contributed by atoms with Crippen molar-refractivity contribution in [3.63, 3.8) is 0 Å². The highest BCUT2D eigenvalue weighted by atomic mass is 16.4. The molecule has 2 N–H and O–H groups in total. The highest BCUT2D eigenvalue weighted by Gasteiger charge is 2.47. The summed E-state index contributed by atoms with van der Waals surface area (Å²) in [5, 5.41) is 12.3. The highest BCUT2D eigenvalue weighted by molar-refractivity contribution is 5.71. The Morgan fingerprint density at radius 1 is 1.38 bits per heavy atom. The molecular weight excluding hydrogens is 166 g/mol. The SMILES string of the molecule is CNC1CC(C(=O)O)C2CCCC12. The number of hydrogen-bond donors (Lipinski definition) is 2. The maximum atomic E-state index is 11.0. The molecule has 2 rings (SSSR count). The van der Waals surface area contributed by atoms with Crippen molar-refractivity contribution in [2.24, 2.45) is 17.8 Å². The van der Waals surface area contributed by atoms with Crippen molar-refractivity contribution in [2.75, 3.05) is 7.05 Å². The van der Waals surface area contributed by atoms with Gasteiger partial charge in [-0.1, -0.05) is 6.42 Å². The van der Waals surface area contributed by atoms with E-state index in [1.54, 1.807) is 0 Å². The van der Waals surface area contributed by atoms with Crippen molar-refractivity contribution in [1.29, 1.82) is 0 Å². The van der Waals surface area contributed by atoms with Gasteiger partial charge in [-0.3, -0.25) is 4.79 Å². The van der Waals surface area contributed by atoms with Crippen molar-refractivity contribution < 1.29 is 9.90 Å². The van der Waals surface area contributed by atoms with E-state index in [9.17, 15) is 4.79 Å². The lowest BCUT2D eigenvalue weighted by Gasteiger charge is -2.16. The van der Waals surface area contributed by atoms with Crippen molar-refractivity contribution in [2.45, 2.75) is 31.7 Å². The predicted molar refractivity (Wildman–Crippen MR) is 49.4 cm³/mol. The summed E-state index contributed by atoms with van der Waals surface area (Å²) in [4.78, 5) is 11.0. The quantitative estimate of drug-likeness (QED) is 0.674. The predicted octanol–water partition coefficient (Wildman–Crippen LogP) is 1.10. The third-order valence-corrected chi connectivity index (χ3v) is 3.85. The van der Waals surface area contributed by atoms with Gasteiger partial charge in [0.25, 0.3) is 0 Å². The zero-order chi connectivity index (χ0) is 9.42. The number of carboxylic acid groups (broad SMARTS) is 1. The van der Waals surface area contributed by atoms with Crippen LogP contribution in [0.25, 0.3) is 0 Å². The second-order valence-electron chi connectivity index (χ2n) is 4.33. The molecule has 4 atom stereocenters. The molecule has 2 saturated carbocycles. The average Bonchev–Trinajstić information content (AvgIpc) is 2.61. The first-order chi connectivity index (χ1) is 6.24. The van der Waals surface area contributed by atoms with Gasteiger partial charge in [0, 0.05) is 6.04 Å². The third-order valence-electron chi connectivity index (χ3n) is 3.85. The molecule has 0 aromatic carbocycles. The normalized spacial score (nSPS) is 43.5. The molecule has 2 aliphatic rings. The monoisotopic (exact) mass is 183 g/mol. The maximum absolute atomic E-state index is 11.0. The van der Waals surface area contributed by atoms with Gasteiger partial charge < -0.3 is 10.4 Å². The summed E-state index contributed by atoms with van der Waals surface area (Å²) in [5.41, 5.74) is 0. The molecular formula is C10H17NO2. The van der Waals surface area contributed by atoms with E-state index < -0.39 is 5.97 Å². The fourth-order valence-corrected chi connectivity index (χ4v) is 3.26. The van der Waals surface area contributed by atoms with E-state index in [4.69, 9.17) is 5.11 Å². The Morgan fingerprint density at radius 2 is 2.08 bits per heavy atom. The zero-order valence-corrected chi connectivity index (χ0v) is 7.99. The zero-order valence-electron chi connectivity index (χ0n) is 7.99. The Bertz CT molecular complexity index is 217. The molecule has 0 aliphatic heterocycles. The molecule has 0 heterocycles. The third kappa shape index (κ3) is 1.35. The van der Waals surface area contributed by atoms with Gasteiger partial charge in [0.05, 0.1) is 5.92 Å². The summed E-state index contributed by atoms with van der Waals surface area (Å²) < 4.78 is 0. The fourth-order valence-electron chi connectivity index (χ4n) is 3.26. The minimum atomic E-state index is -0.588. The van der Waals surface area contributed by atoms with Crippen LogP contribution in [0.1, 0.15) is 25.7 Å². The molecule has 3 heteroatoms. The Balaban J connectivity index is 2.13. The van der Waals surface area contributed by atoms with E-state index in [1.165, 1.54) is 12.8 Å². The number of nitrogens with one attached hydrogen (secondary N) is 1. The first kappa shape index (κ1) is 9.00. The number of rotatable bonds is 2. The second-order valence-corrected chi connectivity index (χ2v) is 4.33. The van der Waals surface area contributed by atoms with Gasteiger partial charge in [-0.2, -0.15) is 0 Å². The average molecular weight is 183 g/mol. The fraction of sp³-hybridized carbons (Fsp3) is 0.900. The Labute approximate surface area is 78.5 Å². The smallest absolute Gasteiger partial charge is 0.306 e. The van der Waals surface area contributed by atoms with E-state index in [-0.39, 0.29) is 5.92 Å². The molecule has 0 aromatic heterocycles. The lowest BCUT2D eigenvalue weighted by molar-refractivity contribution is -0.143. The van der Waals surface area contributed by atoms with Crippen LogP contribution in [0.4, 0.5) is 0 Å². The van der Waals surface area contributed by atoms with E-state index in [2.05, 4.69) is 5.32 Å². The standard InChI is InChI=1S/C10H17NO2/c1-11-9-5-8(10(12)13)6-3-2-4-7(6)9/h6-9,11H,2-5H2,1H3,(H,12,13). The van der Waals surface area contributed by atoms with Crippen LogP contribution < -0.4 is 5.32 Å². The Morgan fingerprint density at radius 3 is 2.69 bits per heavy atom. The maximum Gasteiger partial charge on any atom is 0.306 e. The highest BCUT2D eigenvalue weighted by Crippen LogP contribution is 2.47. The number of hydrogen-bond acceptors (Lipinski definition) is 2. The van der Waals surface area contributed by atoms with Gasteiger partial charge >= 0.3 is 5.97 Å². The van der Waals surface area contributed by atoms with Crippen LogP contribution in [0.3, 0.4) is 0 Å². The van der Waals surface area contributed by atoms with Crippen LogP contribution in [0.2, 0.25) is 0 Å². The minimum absolute atomic E-state index is 0.0788.